The summed E-state index contributed by atoms with van der Waals surface area (Å²) in [7, 11) is 1.62. The first kappa shape index (κ1) is 24.0. The molecular weight excluding hydrogens is 419 g/mol. The van der Waals surface area contributed by atoms with Gasteiger partial charge in [-0.2, -0.15) is 0 Å². The number of benzene rings is 3. The Hall–Kier alpha value is -3.67. The normalized spacial score (nSPS) is 11.5. The van der Waals surface area contributed by atoms with Crippen molar-refractivity contribution in [3.63, 3.8) is 0 Å². The molecule has 0 heterocycles. The van der Waals surface area contributed by atoms with Gasteiger partial charge in [-0.05, 0) is 47.4 Å². The zero-order valence-electron chi connectivity index (χ0n) is 19.0. The van der Waals surface area contributed by atoms with E-state index in [0.717, 1.165) is 22.4 Å². The van der Waals surface area contributed by atoms with Gasteiger partial charge in [-0.15, -0.1) is 0 Å². The Balaban J connectivity index is 1.73. The number of hydrogen-bond donors (Lipinski definition) is 1. The number of rotatable bonds is 10. The van der Waals surface area contributed by atoms with Crippen LogP contribution in [-0.4, -0.2) is 36.4 Å². The molecule has 172 valence electrons. The fourth-order valence-corrected chi connectivity index (χ4v) is 3.65. The van der Waals surface area contributed by atoms with Crippen LogP contribution in [0.15, 0.2) is 78.9 Å². The van der Waals surface area contributed by atoms with E-state index in [1.807, 2.05) is 54.6 Å². The fraction of sp³-hybridized carbons (Fsp3) is 0.259. The zero-order valence-corrected chi connectivity index (χ0v) is 19.0. The summed E-state index contributed by atoms with van der Waals surface area (Å²) in [6.07, 6.45) is 1.04. The second-order valence-corrected chi connectivity index (χ2v) is 7.87. The van der Waals surface area contributed by atoms with Crippen LogP contribution in [-0.2, 0) is 29.0 Å². The zero-order chi connectivity index (χ0) is 23.6. The Morgan fingerprint density at radius 1 is 0.909 bits per heavy atom. The van der Waals surface area contributed by atoms with E-state index in [-0.39, 0.29) is 24.2 Å². The standard InChI is InChI=1S/C27H29FN2O3/c1-20(31)30(19-23-8-12-24(28)13-9-23)26(18-22-6-4-3-5-7-22)27(32)29-17-16-21-10-14-25(33-2)15-11-21/h3-15,26H,16-19H2,1-2H3,(H,29,32)/t26-/m0/s1. The molecule has 3 rings (SSSR count). The highest BCUT2D eigenvalue weighted by atomic mass is 19.1. The maximum atomic E-state index is 13.3. The summed E-state index contributed by atoms with van der Waals surface area (Å²) in [5.74, 6) is 0.00377. The molecule has 2 amide bonds. The molecule has 3 aromatic carbocycles. The van der Waals surface area contributed by atoms with Gasteiger partial charge in [0.25, 0.3) is 0 Å². The molecule has 0 saturated heterocycles. The smallest absolute Gasteiger partial charge is 0.243 e. The number of nitrogens with zero attached hydrogens (tertiary/aromatic N) is 1. The highest BCUT2D eigenvalue weighted by Gasteiger charge is 2.28. The van der Waals surface area contributed by atoms with Crippen molar-refractivity contribution in [3.05, 3.63) is 101 Å². The van der Waals surface area contributed by atoms with Crippen molar-refractivity contribution in [3.8, 4) is 5.75 Å². The van der Waals surface area contributed by atoms with Crippen LogP contribution in [0, 0.1) is 5.82 Å². The number of amides is 2. The molecule has 0 spiro atoms. The minimum Gasteiger partial charge on any atom is -0.497 e. The van der Waals surface area contributed by atoms with Crippen LogP contribution in [0.4, 0.5) is 4.39 Å². The predicted molar refractivity (Wildman–Crippen MR) is 126 cm³/mol. The molecule has 6 heteroatoms. The van der Waals surface area contributed by atoms with E-state index in [1.165, 1.54) is 19.1 Å². The van der Waals surface area contributed by atoms with Gasteiger partial charge >= 0.3 is 0 Å². The summed E-state index contributed by atoms with van der Waals surface area (Å²) >= 11 is 0. The molecule has 0 bridgehead atoms. The molecule has 0 aliphatic heterocycles. The van der Waals surface area contributed by atoms with Crippen LogP contribution in [0.2, 0.25) is 0 Å². The van der Waals surface area contributed by atoms with Crippen molar-refractivity contribution in [2.24, 2.45) is 0 Å². The Labute approximate surface area is 194 Å². The summed E-state index contributed by atoms with van der Waals surface area (Å²) < 4.78 is 18.5. The van der Waals surface area contributed by atoms with Crippen LogP contribution in [0.3, 0.4) is 0 Å². The van der Waals surface area contributed by atoms with E-state index in [1.54, 1.807) is 24.1 Å². The lowest BCUT2D eigenvalue weighted by molar-refractivity contribution is -0.139. The van der Waals surface area contributed by atoms with Gasteiger partial charge in [-0.1, -0.05) is 54.6 Å². The summed E-state index contributed by atoms with van der Waals surface area (Å²) in [6, 6.07) is 22.6. The van der Waals surface area contributed by atoms with Gasteiger partial charge in [-0.25, -0.2) is 4.39 Å². The van der Waals surface area contributed by atoms with Gasteiger partial charge in [-0.3, -0.25) is 9.59 Å². The molecule has 3 aromatic rings. The average molecular weight is 449 g/mol. The number of ether oxygens (including phenoxy) is 1. The van der Waals surface area contributed by atoms with E-state index < -0.39 is 6.04 Å². The third-order valence-electron chi connectivity index (χ3n) is 5.49. The lowest BCUT2D eigenvalue weighted by Gasteiger charge is -2.30. The third-order valence-corrected chi connectivity index (χ3v) is 5.49. The molecule has 5 nitrogen and oxygen atoms in total. The third kappa shape index (κ3) is 7.17. The minimum atomic E-state index is -0.689. The van der Waals surface area contributed by atoms with Crippen LogP contribution < -0.4 is 10.1 Å². The second kappa shape index (κ2) is 11.8. The summed E-state index contributed by atoms with van der Waals surface area (Å²) in [5, 5.41) is 2.99. The Bertz CT molecular complexity index is 1040. The van der Waals surface area contributed by atoms with Gasteiger partial charge in [0.1, 0.15) is 17.6 Å². The van der Waals surface area contributed by atoms with Crippen molar-refractivity contribution in [2.75, 3.05) is 13.7 Å². The van der Waals surface area contributed by atoms with Crippen molar-refractivity contribution >= 4 is 11.8 Å². The number of carbonyl (C=O) groups is 2. The van der Waals surface area contributed by atoms with Crippen LogP contribution in [0.25, 0.3) is 0 Å². The Morgan fingerprint density at radius 3 is 2.15 bits per heavy atom. The largest absolute Gasteiger partial charge is 0.497 e. The van der Waals surface area contributed by atoms with Crippen LogP contribution >= 0.6 is 0 Å². The van der Waals surface area contributed by atoms with Gasteiger partial charge < -0.3 is 15.0 Å². The van der Waals surface area contributed by atoms with Gasteiger partial charge in [0, 0.05) is 26.4 Å². The van der Waals surface area contributed by atoms with E-state index in [4.69, 9.17) is 4.74 Å². The Morgan fingerprint density at radius 2 is 1.55 bits per heavy atom. The van der Waals surface area contributed by atoms with E-state index in [9.17, 15) is 14.0 Å². The average Bonchev–Trinajstić information content (AvgIpc) is 2.83. The number of methoxy groups -OCH3 is 1. The van der Waals surface area contributed by atoms with Crippen molar-refractivity contribution in [1.29, 1.82) is 0 Å². The number of halogens is 1. The lowest BCUT2D eigenvalue weighted by Crippen LogP contribution is -2.50. The van der Waals surface area contributed by atoms with E-state index in [2.05, 4.69) is 5.32 Å². The summed E-state index contributed by atoms with van der Waals surface area (Å²) in [5.41, 5.74) is 2.79. The van der Waals surface area contributed by atoms with Gasteiger partial charge in [0.15, 0.2) is 0 Å². The SMILES string of the molecule is COc1ccc(CCNC(=O)[C@H](Cc2ccccc2)N(Cc2ccc(F)cc2)C(C)=O)cc1. The fourth-order valence-electron chi connectivity index (χ4n) is 3.65. The topological polar surface area (TPSA) is 58.6 Å². The highest BCUT2D eigenvalue weighted by molar-refractivity contribution is 5.87. The number of hydrogen-bond acceptors (Lipinski definition) is 3. The molecule has 0 aliphatic rings. The minimum absolute atomic E-state index is 0.217. The molecule has 0 unspecified atom stereocenters. The van der Waals surface area contributed by atoms with Gasteiger partial charge in [0.2, 0.25) is 11.8 Å². The lowest BCUT2D eigenvalue weighted by atomic mass is 10.0. The molecule has 1 atom stereocenters. The molecule has 1 N–H and O–H groups in total. The highest BCUT2D eigenvalue weighted by Crippen LogP contribution is 2.16. The number of nitrogens with one attached hydrogen (secondary N) is 1. The van der Waals surface area contributed by atoms with Crippen molar-refractivity contribution in [1.82, 2.24) is 10.2 Å². The van der Waals surface area contributed by atoms with Crippen LogP contribution in [0.5, 0.6) is 5.75 Å². The molecule has 0 radical (unpaired) electrons. The molecule has 0 fully saturated rings. The molecular formula is C27H29FN2O3. The Kier molecular flexibility index (Phi) is 8.58. The maximum Gasteiger partial charge on any atom is 0.243 e. The first-order chi connectivity index (χ1) is 16.0. The van der Waals surface area contributed by atoms with Crippen LogP contribution in [0.1, 0.15) is 23.6 Å². The van der Waals surface area contributed by atoms with Crippen molar-refractivity contribution < 1.29 is 18.7 Å². The van der Waals surface area contributed by atoms with Gasteiger partial charge in [0.05, 0.1) is 7.11 Å². The van der Waals surface area contributed by atoms with E-state index >= 15 is 0 Å². The molecule has 0 saturated carbocycles. The quantitative estimate of drug-likeness (QED) is 0.507. The molecule has 33 heavy (non-hydrogen) atoms. The summed E-state index contributed by atoms with van der Waals surface area (Å²) in [4.78, 5) is 27.4. The monoisotopic (exact) mass is 448 g/mol. The summed E-state index contributed by atoms with van der Waals surface area (Å²) in [6.45, 7) is 2.11. The first-order valence-electron chi connectivity index (χ1n) is 10.9. The van der Waals surface area contributed by atoms with E-state index in [0.29, 0.717) is 19.4 Å². The molecule has 0 aromatic heterocycles. The second-order valence-electron chi connectivity index (χ2n) is 7.87. The maximum absolute atomic E-state index is 13.3. The first-order valence-corrected chi connectivity index (χ1v) is 10.9. The predicted octanol–water partition coefficient (Wildman–Crippen LogP) is 4.15. The van der Waals surface area contributed by atoms with Crippen molar-refractivity contribution in [2.45, 2.75) is 32.4 Å². The number of carbonyl (C=O) groups excluding carboxylic acids is 2. The molecule has 0 aliphatic carbocycles.